The van der Waals surface area contributed by atoms with Crippen LogP contribution in [0.2, 0.25) is 0 Å². The maximum absolute atomic E-state index is 12.9. The number of rotatable bonds is 6. The Bertz CT molecular complexity index is 806. The van der Waals surface area contributed by atoms with Crippen LogP contribution in [-0.2, 0) is 15.7 Å². The second-order valence-corrected chi connectivity index (χ2v) is 6.06. The second-order valence-electron chi connectivity index (χ2n) is 6.06. The summed E-state index contributed by atoms with van der Waals surface area (Å²) in [4.78, 5) is 24.9. The molecule has 150 valence electrons. The van der Waals surface area contributed by atoms with Crippen molar-refractivity contribution in [3.63, 3.8) is 0 Å². The first kappa shape index (κ1) is 21.2. The average Bonchev–Trinajstić information content (AvgIpc) is 2.99. The molecule has 0 bridgehead atoms. The largest absolute Gasteiger partial charge is 0.423 e. The molecule has 0 spiro atoms. The van der Waals surface area contributed by atoms with E-state index >= 15 is 0 Å². The Morgan fingerprint density at radius 2 is 2.15 bits per heavy atom. The number of hydrogen-bond acceptors (Lipinski definition) is 5. The first-order valence-electron chi connectivity index (χ1n) is 8.54. The lowest BCUT2D eigenvalue weighted by Crippen LogP contribution is -2.36. The van der Waals surface area contributed by atoms with Crippen LogP contribution < -0.4 is 11.2 Å². The number of aliphatic hydroxyl groups excluding tert-OH is 1. The van der Waals surface area contributed by atoms with Gasteiger partial charge in [-0.1, -0.05) is 19.3 Å². The number of unbranched alkanes of at least 4 members (excludes halogenated alkanes) is 2. The molecule has 1 aromatic heterocycles. The van der Waals surface area contributed by atoms with Gasteiger partial charge in [-0.2, -0.15) is 13.2 Å². The number of H-pyrrole nitrogens is 1. The van der Waals surface area contributed by atoms with Crippen LogP contribution in [0, 0.1) is 11.8 Å². The van der Waals surface area contributed by atoms with Crippen LogP contribution in [0.5, 0.6) is 0 Å². The highest BCUT2D eigenvalue weighted by Gasteiger charge is 2.39. The first-order chi connectivity index (χ1) is 12.8. The van der Waals surface area contributed by atoms with E-state index in [9.17, 15) is 27.9 Å². The first-order valence-corrected chi connectivity index (χ1v) is 8.54. The Balaban J connectivity index is 2.13. The van der Waals surface area contributed by atoms with Crippen LogP contribution >= 0.6 is 0 Å². The van der Waals surface area contributed by atoms with E-state index in [1.54, 1.807) is 4.98 Å². The van der Waals surface area contributed by atoms with Crippen molar-refractivity contribution in [1.29, 1.82) is 0 Å². The molecule has 10 heteroatoms. The Kier molecular flexibility index (Phi) is 7.24. The molecule has 0 aromatic carbocycles. The minimum Gasteiger partial charge on any atom is -0.394 e. The maximum Gasteiger partial charge on any atom is 0.423 e. The van der Waals surface area contributed by atoms with Crippen LogP contribution in [0.15, 0.2) is 15.8 Å². The van der Waals surface area contributed by atoms with Crippen LogP contribution in [0.3, 0.4) is 0 Å². The molecule has 0 radical (unpaired) electrons. The molecule has 2 N–H and O–H groups in total. The van der Waals surface area contributed by atoms with Gasteiger partial charge in [0.25, 0.3) is 5.56 Å². The van der Waals surface area contributed by atoms with Gasteiger partial charge in [0.05, 0.1) is 12.7 Å². The van der Waals surface area contributed by atoms with Gasteiger partial charge in [0, 0.05) is 19.0 Å². The van der Waals surface area contributed by atoms with E-state index in [1.807, 2.05) is 6.92 Å². The number of halogens is 3. The summed E-state index contributed by atoms with van der Waals surface area (Å²) in [7, 11) is 0. The summed E-state index contributed by atoms with van der Waals surface area (Å²) in [5.41, 5.74) is -4.05. The highest BCUT2D eigenvalue weighted by molar-refractivity contribution is 5.09. The van der Waals surface area contributed by atoms with Crippen LogP contribution in [0.4, 0.5) is 13.2 Å². The molecule has 3 atom stereocenters. The van der Waals surface area contributed by atoms with Crippen LogP contribution in [-0.4, -0.2) is 40.1 Å². The lowest BCUT2D eigenvalue weighted by atomic mass is 10.2. The summed E-state index contributed by atoms with van der Waals surface area (Å²) in [6, 6.07) is 0. The molecule has 1 aliphatic heterocycles. The van der Waals surface area contributed by atoms with Gasteiger partial charge in [0.1, 0.15) is 24.5 Å². The molecule has 2 rings (SSSR count). The highest BCUT2D eigenvalue weighted by atomic mass is 19.4. The van der Waals surface area contributed by atoms with Crippen LogP contribution in [0.25, 0.3) is 0 Å². The van der Waals surface area contributed by atoms with E-state index in [1.165, 1.54) is 0 Å². The molecule has 0 aliphatic carbocycles. The van der Waals surface area contributed by atoms with E-state index in [0.717, 1.165) is 19.3 Å². The zero-order valence-corrected chi connectivity index (χ0v) is 14.7. The van der Waals surface area contributed by atoms with Crippen molar-refractivity contribution in [1.82, 2.24) is 9.55 Å². The summed E-state index contributed by atoms with van der Waals surface area (Å²) < 4.78 is 50.3. The Morgan fingerprint density at radius 3 is 2.78 bits per heavy atom. The summed E-state index contributed by atoms with van der Waals surface area (Å²) in [6.07, 6.45) is -4.30. The van der Waals surface area contributed by atoms with E-state index in [4.69, 9.17) is 9.47 Å². The fourth-order valence-electron chi connectivity index (χ4n) is 2.67. The predicted molar refractivity (Wildman–Crippen MR) is 89.0 cm³/mol. The van der Waals surface area contributed by atoms with Crippen molar-refractivity contribution in [3.05, 3.63) is 32.6 Å². The zero-order chi connectivity index (χ0) is 20.0. The van der Waals surface area contributed by atoms with Gasteiger partial charge in [0.15, 0.2) is 0 Å². The smallest absolute Gasteiger partial charge is 0.394 e. The van der Waals surface area contributed by atoms with Crippen molar-refractivity contribution in [3.8, 4) is 11.8 Å². The monoisotopic (exact) mass is 390 g/mol. The van der Waals surface area contributed by atoms with Gasteiger partial charge >= 0.3 is 11.9 Å². The Hall–Kier alpha value is -2.09. The normalized spacial score (nSPS) is 22.5. The zero-order valence-electron chi connectivity index (χ0n) is 14.7. The third-order valence-corrected chi connectivity index (χ3v) is 4.09. The number of alkyl halides is 3. The van der Waals surface area contributed by atoms with Crippen molar-refractivity contribution >= 4 is 0 Å². The van der Waals surface area contributed by atoms with Gasteiger partial charge in [-0.05, 0) is 6.42 Å². The molecular weight excluding hydrogens is 369 g/mol. The number of ether oxygens (including phenoxy) is 2. The van der Waals surface area contributed by atoms with Gasteiger partial charge in [-0.25, -0.2) is 4.79 Å². The molecular formula is C17H21F3N2O5. The fraction of sp³-hybridized carbons (Fsp3) is 0.647. The second kappa shape index (κ2) is 9.21. The number of aromatic amines is 1. The maximum atomic E-state index is 12.9. The lowest BCUT2D eigenvalue weighted by molar-refractivity contribution is -0.139. The summed E-state index contributed by atoms with van der Waals surface area (Å²) >= 11 is 0. The number of nitrogens with one attached hydrogen (secondary N) is 1. The Morgan fingerprint density at radius 1 is 1.41 bits per heavy atom. The molecule has 1 aromatic rings. The van der Waals surface area contributed by atoms with Crippen molar-refractivity contribution in [2.24, 2.45) is 0 Å². The molecule has 1 aliphatic rings. The van der Waals surface area contributed by atoms with E-state index < -0.39 is 48.0 Å². The number of hydrogen-bond donors (Lipinski definition) is 2. The lowest BCUT2D eigenvalue weighted by Gasteiger charge is -2.16. The molecule has 7 nitrogen and oxygen atoms in total. The van der Waals surface area contributed by atoms with Crippen molar-refractivity contribution in [2.75, 3.05) is 13.2 Å². The summed E-state index contributed by atoms with van der Waals surface area (Å²) in [5.74, 6) is 5.75. The van der Waals surface area contributed by atoms with Gasteiger partial charge in [-0.3, -0.25) is 14.3 Å². The van der Waals surface area contributed by atoms with Gasteiger partial charge < -0.3 is 14.6 Å². The van der Waals surface area contributed by atoms with Crippen molar-refractivity contribution < 1.29 is 27.8 Å². The highest BCUT2D eigenvalue weighted by Crippen LogP contribution is 2.31. The molecule has 1 saturated heterocycles. The van der Waals surface area contributed by atoms with Crippen LogP contribution in [0.1, 0.15) is 44.4 Å². The third-order valence-electron chi connectivity index (χ3n) is 4.09. The van der Waals surface area contributed by atoms with E-state index in [-0.39, 0.29) is 13.0 Å². The van der Waals surface area contributed by atoms with Gasteiger partial charge in [-0.15, -0.1) is 5.92 Å². The van der Waals surface area contributed by atoms with Crippen molar-refractivity contribution in [2.45, 2.75) is 57.2 Å². The SMILES string of the molecule is CCCCC#CCO[C@H]1C[C@H](n2cc(C(F)(F)F)c(=O)[nH]c2=O)O[C@@H]1CO. The number of aliphatic hydroxyl groups is 1. The standard InChI is InChI=1S/C17H21F3N2O5/c1-2-3-4-5-6-7-26-12-8-14(27-13(12)10-23)22-9-11(17(18,19)20)15(24)21-16(22)25/h9,12-14,23H,2-4,7-8,10H2,1H3,(H,21,24,25)/t12-,13+,14+/m0/s1. The molecule has 2 heterocycles. The quantitative estimate of drug-likeness (QED) is 0.566. The molecule has 1 fully saturated rings. The Labute approximate surface area is 153 Å². The molecule has 0 amide bonds. The molecule has 0 unspecified atom stereocenters. The summed E-state index contributed by atoms with van der Waals surface area (Å²) in [6.45, 7) is 1.69. The number of nitrogens with zero attached hydrogens (tertiary/aromatic N) is 1. The van der Waals surface area contributed by atoms with E-state index in [0.29, 0.717) is 10.8 Å². The average molecular weight is 390 g/mol. The minimum absolute atomic E-state index is 0.0329. The third kappa shape index (κ3) is 5.45. The number of aromatic nitrogens is 2. The van der Waals surface area contributed by atoms with Gasteiger partial charge in [0.2, 0.25) is 0 Å². The fourth-order valence-corrected chi connectivity index (χ4v) is 2.67. The summed E-state index contributed by atoms with van der Waals surface area (Å²) in [5, 5.41) is 9.40. The molecule has 0 saturated carbocycles. The van der Waals surface area contributed by atoms with E-state index in [2.05, 4.69) is 11.8 Å². The molecule has 27 heavy (non-hydrogen) atoms. The topological polar surface area (TPSA) is 93.6 Å². The minimum atomic E-state index is -4.91. The predicted octanol–water partition coefficient (Wildman–Crippen LogP) is 1.41.